The first-order chi connectivity index (χ1) is 12.1. The molecule has 0 unspecified atom stereocenters. The largest absolute Gasteiger partial charge is 0.473 e. The summed E-state index contributed by atoms with van der Waals surface area (Å²) in [7, 11) is 0. The number of rotatable bonds is 5. The van der Waals surface area contributed by atoms with Gasteiger partial charge in [0.05, 0.1) is 12.3 Å². The van der Waals surface area contributed by atoms with Gasteiger partial charge in [-0.15, -0.1) is 0 Å². The van der Waals surface area contributed by atoms with Crippen molar-refractivity contribution >= 4 is 34.0 Å². The van der Waals surface area contributed by atoms with E-state index in [0.29, 0.717) is 16.7 Å². The van der Waals surface area contributed by atoms with Crippen LogP contribution in [-0.2, 0) is 0 Å². The second kappa shape index (κ2) is 7.32. The van der Waals surface area contributed by atoms with Crippen LogP contribution in [0.4, 0.5) is 11.6 Å². The Labute approximate surface area is 150 Å². The zero-order valence-corrected chi connectivity index (χ0v) is 14.6. The van der Waals surface area contributed by atoms with Crippen molar-refractivity contribution < 1.29 is 4.74 Å². The van der Waals surface area contributed by atoms with Crippen LogP contribution in [0.15, 0.2) is 36.7 Å². The molecule has 1 atom stereocenters. The van der Waals surface area contributed by atoms with Crippen molar-refractivity contribution in [3.8, 4) is 11.9 Å². The fourth-order valence-corrected chi connectivity index (χ4v) is 2.43. The third kappa shape index (κ3) is 3.78. The number of nitriles is 1. The van der Waals surface area contributed by atoms with Gasteiger partial charge in [-0.3, -0.25) is 0 Å². The molecule has 0 spiro atoms. The van der Waals surface area contributed by atoms with Gasteiger partial charge in [0.25, 0.3) is 5.88 Å². The number of ether oxygens (including phenoxy) is 1. The standard InChI is InChI=1S/C18H16ClN5O/c1-3-11(2)25-18-15(8-20)21-10-17(24-18)23-16-7-12-5-4-6-14(19)13(12)9-22-16/h4-7,9-11H,3H2,1-2H3,(H,22,23,24)/t11-/m1/s1. The van der Waals surface area contributed by atoms with E-state index >= 15 is 0 Å². The topological polar surface area (TPSA) is 83.7 Å². The molecule has 0 saturated carbocycles. The summed E-state index contributed by atoms with van der Waals surface area (Å²) in [6.45, 7) is 3.91. The van der Waals surface area contributed by atoms with Crippen molar-refractivity contribution in [3.05, 3.63) is 47.4 Å². The Hall–Kier alpha value is -2.91. The number of aromatic nitrogens is 3. The van der Waals surface area contributed by atoms with Crippen molar-refractivity contribution in [1.82, 2.24) is 15.0 Å². The molecule has 0 bridgehead atoms. The molecule has 0 aliphatic heterocycles. The van der Waals surface area contributed by atoms with Crippen LogP contribution in [0.5, 0.6) is 5.88 Å². The van der Waals surface area contributed by atoms with Crippen LogP contribution in [0.3, 0.4) is 0 Å². The van der Waals surface area contributed by atoms with E-state index in [1.54, 1.807) is 6.20 Å². The highest BCUT2D eigenvalue weighted by Gasteiger charge is 2.12. The first-order valence-corrected chi connectivity index (χ1v) is 8.23. The lowest BCUT2D eigenvalue weighted by Gasteiger charge is -2.13. The van der Waals surface area contributed by atoms with Gasteiger partial charge in [0.15, 0.2) is 5.82 Å². The summed E-state index contributed by atoms with van der Waals surface area (Å²) in [4.78, 5) is 12.8. The molecule has 0 fully saturated rings. The molecule has 0 aliphatic rings. The number of nitrogens with one attached hydrogen (secondary N) is 1. The van der Waals surface area contributed by atoms with Gasteiger partial charge in [0.2, 0.25) is 5.69 Å². The Morgan fingerprint density at radius 1 is 1.28 bits per heavy atom. The smallest absolute Gasteiger partial charge is 0.253 e. The van der Waals surface area contributed by atoms with E-state index in [-0.39, 0.29) is 17.7 Å². The normalized spacial score (nSPS) is 11.8. The Balaban J connectivity index is 1.90. The summed E-state index contributed by atoms with van der Waals surface area (Å²) in [6.07, 6.45) is 3.93. The molecule has 1 aromatic carbocycles. The first-order valence-electron chi connectivity index (χ1n) is 7.85. The highest BCUT2D eigenvalue weighted by atomic mass is 35.5. The second-order valence-corrected chi connectivity index (χ2v) is 5.92. The third-order valence-electron chi connectivity index (χ3n) is 3.70. The zero-order chi connectivity index (χ0) is 17.8. The van der Waals surface area contributed by atoms with Crippen LogP contribution in [0.2, 0.25) is 5.02 Å². The van der Waals surface area contributed by atoms with Crippen molar-refractivity contribution in [2.75, 3.05) is 5.32 Å². The molecule has 2 aromatic heterocycles. The number of hydrogen-bond donors (Lipinski definition) is 1. The molecule has 6 nitrogen and oxygen atoms in total. The quantitative estimate of drug-likeness (QED) is 0.728. The van der Waals surface area contributed by atoms with Gasteiger partial charge in [0.1, 0.15) is 11.9 Å². The molecule has 0 amide bonds. The summed E-state index contributed by atoms with van der Waals surface area (Å²) in [5.74, 6) is 1.26. The average molecular weight is 354 g/mol. The fraction of sp³-hybridized carbons (Fsp3) is 0.222. The van der Waals surface area contributed by atoms with Crippen LogP contribution in [0.25, 0.3) is 10.8 Å². The molecule has 7 heteroatoms. The van der Waals surface area contributed by atoms with Gasteiger partial charge in [-0.25, -0.2) is 9.97 Å². The van der Waals surface area contributed by atoms with Gasteiger partial charge >= 0.3 is 0 Å². The summed E-state index contributed by atoms with van der Waals surface area (Å²) < 4.78 is 5.68. The number of nitrogens with zero attached hydrogens (tertiary/aromatic N) is 4. The summed E-state index contributed by atoms with van der Waals surface area (Å²) in [6, 6.07) is 9.52. The Bertz CT molecular complexity index is 954. The first kappa shape index (κ1) is 16.9. The molecule has 0 aliphatic carbocycles. The minimum Gasteiger partial charge on any atom is -0.473 e. The summed E-state index contributed by atoms with van der Waals surface area (Å²) in [5.41, 5.74) is 0.157. The fourth-order valence-electron chi connectivity index (χ4n) is 2.20. The number of anilines is 2. The van der Waals surface area contributed by atoms with Crippen molar-refractivity contribution in [1.29, 1.82) is 5.26 Å². The maximum Gasteiger partial charge on any atom is 0.253 e. The van der Waals surface area contributed by atoms with E-state index in [4.69, 9.17) is 21.6 Å². The second-order valence-electron chi connectivity index (χ2n) is 5.51. The van der Waals surface area contributed by atoms with Gasteiger partial charge in [-0.05, 0) is 30.9 Å². The molecule has 25 heavy (non-hydrogen) atoms. The lowest BCUT2D eigenvalue weighted by atomic mass is 10.2. The molecule has 1 N–H and O–H groups in total. The van der Waals surface area contributed by atoms with Crippen LogP contribution < -0.4 is 10.1 Å². The lowest BCUT2D eigenvalue weighted by Crippen LogP contribution is -2.13. The third-order valence-corrected chi connectivity index (χ3v) is 4.03. The van der Waals surface area contributed by atoms with E-state index < -0.39 is 0 Å². The average Bonchev–Trinajstić information content (AvgIpc) is 2.62. The Kier molecular flexibility index (Phi) is 4.96. The Morgan fingerprint density at radius 2 is 2.12 bits per heavy atom. The molecule has 3 rings (SSSR count). The molecular formula is C18H16ClN5O. The van der Waals surface area contributed by atoms with Gasteiger partial charge in [-0.2, -0.15) is 10.2 Å². The zero-order valence-electron chi connectivity index (χ0n) is 13.8. The highest BCUT2D eigenvalue weighted by molar-refractivity contribution is 6.35. The van der Waals surface area contributed by atoms with E-state index in [9.17, 15) is 0 Å². The molecule has 126 valence electrons. The maximum absolute atomic E-state index is 9.15. The van der Waals surface area contributed by atoms with Crippen LogP contribution in [0, 0.1) is 11.3 Å². The van der Waals surface area contributed by atoms with E-state index in [0.717, 1.165) is 17.2 Å². The van der Waals surface area contributed by atoms with Crippen molar-refractivity contribution in [2.45, 2.75) is 26.4 Å². The van der Waals surface area contributed by atoms with E-state index in [1.807, 2.05) is 44.2 Å². The maximum atomic E-state index is 9.15. The lowest BCUT2D eigenvalue weighted by molar-refractivity contribution is 0.207. The number of benzene rings is 1. The predicted molar refractivity (Wildman–Crippen MR) is 97.2 cm³/mol. The van der Waals surface area contributed by atoms with Crippen LogP contribution in [0.1, 0.15) is 26.0 Å². The SMILES string of the molecule is CC[C@@H](C)Oc1nc(Nc2cc3cccc(Cl)c3cn2)cnc1C#N. The van der Waals surface area contributed by atoms with Crippen LogP contribution in [-0.4, -0.2) is 21.1 Å². The molecule has 3 aromatic rings. The van der Waals surface area contributed by atoms with Crippen molar-refractivity contribution in [3.63, 3.8) is 0 Å². The van der Waals surface area contributed by atoms with Gasteiger partial charge in [0, 0.05) is 16.6 Å². The summed E-state index contributed by atoms with van der Waals surface area (Å²) >= 11 is 6.16. The predicted octanol–water partition coefficient (Wildman–Crippen LogP) is 4.47. The van der Waals surface area contributed by atoms with E-state index in [1.165, 1.54) is 6.20 Å². The number of hydrogen-bond acceptors (Lipinski definition) is 6. The monoisotopic (exact) mass is 353 g/mol. The van der Waals surface area contributed by atoms with Crippen LogP contribution >= 0.6 is 11.6 Å². The molecule has 0 saturated heterocycles. The minimum atomic E-state index is -0.0578. The van der Waals surface area contributed by atoms with Crippen molar-refractivity contribution in [2.24, 2.45) is 0 Å². The summed E-state index contributed by atoms with van der Waals surface area (Å²) in [5, 5.41) is 14.7. The van der Waals surface area contributed by atoms with Gasteiger partial charge < -0.3 is 10.1 Å². The molecule has 2 heterocycles. The minimum absolute atomic E-state index is 0.0578. The molecular weight excluding hydrogens is 338 g/mol. The van der Waals surface area contributed by atoms with E-state index in [2.05, 4.69) is 20.3 Å². The number of halogens is 1. The highest BCUT2D eigenvalue weighted by Crippen LogP contribution is 2.26. The Morgan fingerprint density at radius 3 is 2.88 bits per heavy atom. The molecule has 0 radical (unpaired) electrons. The van der Waals surface area contributed by atoms with Gasteiger partial charge in [-0.1, -0.05) is 30.7 Å². The number of fused-ring (bicyclic) bond motifs is 1. The number of pyridine rings is 1.